The van der Waals surface area contributed by atoms with Crippen LogP contribution in [0.3, 0.4) is 0 Å². The van der Waals surface area contributed by atoms with E-state index in [4.69, 9.17) is 8.94 Å². The van der Waals surface area contributed by atoms with Gasteiger partial charge in [-0.2, -0.15) is 4.98 Å². The predicted octanol–water partition coefficient (Wildman–Crippen LogP) is 2.16. The van der Waals surface area contributed by atoms with Crippen LogP contribution in [0.2, 0.25) is 0 Å². The van der Waals surface area contributed by atoms with Crippen molar-refractivity contribution in [1.82, 2.24) is 20.1 Å². The van der Waals surface area contributed by atoms with Crippen molar-refractivity contribution in [3.05, 3.63) is 64.6 Å². The average molecular weight is 294 g/mol. The van der Waals surface area contributed by atoms with E-state index in [0.29, 0.717) is 35.1 Å². The van der Waals surface area contributed by atoms with Gasteiger partial charge in [-0.3, -0.25) is 4.98 Å². The number of H-pyrrole nitrogens is 1. The fraction of sp³-hybridized carbons (Fsp3) is 0.0667. The van der Waals surface area contributed by atoms with Crippen molar-refractivity contribution in [2.75, 3.05) is 0 Å². The second kappa shape index (κ2) is 4.96. The van der Waals surface area contributed by atoms with Crippen molar-refractivity contribution >= 4 is 11.2 Å². The molecule has 0 amide bonds. The molecule has 0 unspecified atom stereocenters. The summed E-state index contributed by atoms with van der Waals surface area (Å²) < 4.78 is 10.2. The van der Waals surface area contributed by atoms with Gasteiger partial charge in [0.25, 0.3) is 0 Å². The van der Waals surface area contributed by atoms with Gasteiger partial charge in [0.1, 0.15) is 0 Å². The number of oxazole rings is 1. The van der Waals surface area contributed by atoms with Crippen LogP contribution in [-0.2, 0) is 6.42 Å². The number of nitrogens with one attached hydrogen (secondary N) is 1. The molecule has 3 heterocycles. The molecule has 1 aromatic carbocycles. The monoisotopic (exact) mass is 294 g/mol. The molecule has 4 rings (SSSR count). The van der Waals surface area contributed by atoms with Crippen LogP contribution < -0.4 is 5.76 Å². The van der Waals surface area contributed by atoms with Crippen LogP contribution in [0.1, 0.15) is 11.6 Å². The largest absolute Gasteiger partial charge is 0.418 e. The second-order valence-electron chi connectivity index (χ2n) is 4.72. The van der Waals surface area contributed by atoms with Gasteiger partial charge in [0.05, 0.1) is 12.1 Å². The van der Waals surface area contributed by atoms with Crippen LogP contribution in [0.5, 0.6) is 0 Å². The molecule has 7 nitrogen and oxygen atoms in total. The minimum atomic E-state index is -0.524. The first-order valence-electron chi connectivity index (χ1n) is 6.65. The molecule has 3 aromatic heterocycles. The number of aromatic amines is 1. The maximum absolute atomic E-state index is 11.1. The lowest BCUT2D eigenvalue weighted by molar-refractivity contribution is 0.385. The zero-order chi connectivity index (χ0) is 14.9. The fourth-order valence-corrected chi connectivity index (χ4v) is 2.17. The van der Waals surface area contributed by atoms with Crippen LogP contribution in [0.15, 0.2) is 56.2 Å². The Labute approximate surface area is 123 Å². The minimum Gasteiger partial charge on any atom is -0.406 e. The van der Waals surface area contributed by atoms with Gasteiger partial charge in [-0.15, -0.1) is 0 Å². The van der Waals surface area contributed by atoms with Crippen molar-refractivity contribution in [1.29, 1.82) is 0 Å². The van der Waals surface area contributed by atoms with E-state index in [2.05, 4.69) is 20.1 Å². The van der Waals surface area contributed by atoms with Gasteiger partial charge in [0.15, 0.2) is 11.2 Å². The standard InChI is InChI=1S/C15H10N4O3/c20-15-18-14-11(21-15)7-6-10(16-14)8-12-17-13(19-22-12)9-4-2-1-3-5-9/h1-7H,8H2,(H,16,18,20). The Morgan fingerprint density at radius 1 is 1.05 bits per heavy atom. The zero-order valence-corrected chi connectivity index (χ0v) is 11.3. The summed E-state index contributed by atoms with van der Waals surface area (Å²) in [5.74, 6) is 0.466. The molecule has 0 aliphatic heterocycles. The smallest absolute Gasteiger partial charge is 0.406 e. The SMILES string of the molecule is O=c1[nH]c2nc(Cc3nc(-c4ccccc4)no3)ccc2o1. The average Bonchev–Trinajstić information content (AvgIpc) is 3.13. The predicted molar refractivity (Wildman–Crippen MR) is 77.2 cm³/mol. The number of pyridine rings is 1. The van der Waals surface area contributed by atoms with Crippen LogP contribution in [0.25, 0.3) is 22.6 Å². The Morgan fingerprint density at radius 2 is 1.91 bits per heavy atom. The van der Waals surface area contributed by atoms with E-state index in [1.54, 1.807) is 12.1 Å². The molecule has 0 saturated carbocycles. The van der Waals surface area contributed by atoms with Gasteiger partial charge in [-0.05, 0) is 12.1 Å². The van der Waals surface area contributed by atoms with Gasteiger partial charge in [0, 0.05) is 5.56 Å². The first-order valence-corrected chi connectivity index (χ1v) is 6.65. The van der Waals surface area contributed by atoms with Crippen molar-refractivity contribution < 1.29 is 8.94 Å². The molecular formula is C15H10N4O3. The summed E-state index contributed by atoms with van der Waals surface area (Å²) in [5, 5.41) is 3.96. The molecule has 1 N–H and O–H groups in total. The van der Waals surface area contributed by atoms with Crippen molar-refractivity contribution in [3.63, 3.8) is 0 Å². The third kappa shape index (κ3) is 2.28. The third-order valence-corrected chi connectivity index (χ3v) is 3.17. The highest BCUT2D eigenvalue weighted by Crippen LogP contribution is 2.16. The molecule has 0 spiro atoms. The van der Waals surface area contributed by atoms with E-state index in [9.17, 15) is 4.79 Å². The summed E-state index contributed by atoms with van der Waals surface area (Å²) >= 11 is 0. The van der Waals surface area contributed by atoms with Crippen molar-refractivity contribution in [3.8, 4) is 11.4 Å². The number of aromatic nitrogens is 4. The number of hydrogen-bond acceptors (Lipinski definition) is 6. The van der Waals surface area contributed by atoms with E-state index in [1.165, 1.54) is 0 Å². The Balaban J connectivity index is 1.62. The molecule has 7 heteroatoms. The second-order valence-corrected chi connectivity index (χ2v) is 4.72. The van der Waals surface area contributed by atoms with Crippen LogP contribution >= 0.6 is 0 Å². The quantitative estimate of drug-likeness (QED) is 0.621. The minimum absolute atomic E-state index is 0.378. The maximum atomic E-state index is 11.1. The molecular weight excluding hydrogens is 284 g/mol. The van der Waals surface area contributed by atoms with Gasteiger partial charge >= 0.3 is 5.76 Å². The summed E-state index contributed by atoms with van der Waals surface area (Å²) in [6.45, 7) is 0. The lowest BCUT2D eigenvalue weighted by Gasteiger charge is -1.95. The fourth-order valence-electron chi connectivity index (χ4n) is 2.17. The highest BCUT2D eigenvalue weighted by molar-refractivity contribution is 5.67. The zero-order valence-electron chi connectivity index (χ0n) is 11.3. The van der Waals surface area contributed by atoms with E-state index in [0.717, 1.165) is 5.56 Å². The normalized spacial score (nSPS) is 11.1. The lowest BCUT2D eigenvalue weighted by atomic mass is 10.2. The van der Waals surface area contributed by atoms with Gasteiger partial charge < -0.3 is 8.94 Å². The van der Waals surface area contributed by atoms with Gasteiger partial charge in [0.2, 0.25) is 11.7 Å². The molecule has 0 fully saturated rings. The van der Waals surface area contributed by atoms with Crippen LogP contribution in [0.4, 0.5) is 0 Å². The molecule has 4 aromatic rings. The van der Waals surface area contributed by atoms with E-state index >= 15 is 0 Å². The van der Waals surface area contributed by atoms with Gasteiger partial charge in [-0.25, -0.2) is 9.78 Å². The number of rotatable bonds is 3. The van der Waals surface area contributed by atoms with Crippen molar-refractivity contribution in [2.45, 2.75) is 6.42 Å². The summed E-state index contributed by atoms with van der Waals surface area (Å²) in [6.07, 6.45) is 0.378. The first kappa shape index (κ1) is 12.5. The number of hydrogen-bond donors (Lipinski definition) is 1. The molecule has 0 saturated heterocycles. The first-order chi connectivity index (χ1) is 10.8. The summed E-state index contributed by atoms with van der Waals surface area (Å²) in [4.78, 5) is 22.3. The Bertz CT molecular complexity index is 985. The van der Waals surface area contributed by atoms with E-state index in [1.807, 2.05) is 30.3 Å². The molecule has 22 heavy (non-hydrogen) atoms. The Hall–Kier alpha value is -3.22. The Morgan fingerprint density at radius 3 is 2.77 bits per heavy atom. The molecule has 0 radical (unpaired) electrons. The summed E-state index contributed by atoms with van der Waals surface area (Å²) in [7, 11) is 0. The van der Waals surface area contributed by atoms with E-state index in [-0.39, 0.29) is 0 Å². The van der Waals surface area contributed by atoms with Crippen LogP contribution in [-0.4, -0.2) is 20.1 Å². The molecule has 0 atom stereocenters. The molecule has 0 bridgehead atoms. The highest BCUT2D eigenvalue weighted by atomic mass is 16.5. The van der Waals surface area contributed by atoms with E-state index < -0.39 is 5.76 Å². The lowest BCUT2D eigenvalue weighted by Crippen LogP contribution is -1.95. The molecule has 108 valence electrons. The molecule has 0 aliphatic carbocycles. The van der Waals surface area contributed by atoms with Gasteiger partial charge in [-0.1, -0.05) is 35.5 Å². The highest BCUT2D eigenvalue weighted by Gasteiger charge is 2.11. The molecule has 0 aliphatic rings. The number of benzene rings is 1. The Kier molecular flexibility index (Phi) is 2.82. The number of fused-ring (bicyclic) bond motifs is 1. The number of nitrogens with zero attached hydrogens (tertiary/aromatic N) is 3. The van der Waals surface area contributed by atoms with Crippen LogP contribution in [0, 0.1) is 0 Å². The maximum Gasteiger partial charge on any atom is 0.418 e. The van der Waals surface area contributed by atoms with Crippen molar-refractivity contribution in [2.24, 2.45) is 0 Å². The third-order valence-electron chi connectivity index (χ3n) is 3.17. The topological polar surface area (TPSA) is 97.8 Å². The summed E-state index contributed by atoms with van der Waals surface area (Å²) in [5.41, 5.74) is 2.42. The summed E-state index contributed by atoms with van der Waals surface area (Å²) in [6, 6.07) is 13.0.